The zero-order valence-electron chi connectivity index (χ0n) is 12.2. The third kappa shape index (κ3) is 7.42. The summed E-state index contributed by atoms with van der Waals surface area (Å²) in [6.07, 6.45) is 9.34. The first-order chi connectivity index (χ1) is 8.65. The molecule has 3 N–H and O–H groups in total. The summed E-state index contributed by atoms with van der Waals surface area (Å²) in [4.78, 5) is 11.7. The Labute approximate surface area is 128 Å². The van der Waals surface area contributed by atoms with Gasteiger partial charge in [-0.1, -0.05) is 32.6 Å². The molecule has 2 unspecified atom stereocenters. The van der Waals surface area contributed by atoms with Crippen molar-refractivity contribution in [1.82, 2.24) is 5.32 Å². The number of carbonyl (C=O) groups is 1. The SMILES string of the molecule is CSCC[C@H](N)C(=O)NCCC1CCCCC1C.Cl. The third-order valence-electron chi connectivity index (χ3n) is 4.07. The number of hydrogen-bond donors (Lipinski definition) is 2. The Bertz CT molecular complexity index is 254. The molecular formula is C14H29ClN2OS. The molecule has 1 aliphatic rings. The second-order valence-corrected chi connectivity index (χ2v) is 6.48. The molecule has 5 heteroatoms. The van der Waals surface area contributed by atoms with Gasteiger partial charge in [-0.3, -0.25) is 4.79 Å². The Morgan fingerprint density at radius 2 is 2.11 bits per heavy atom. The van der Waals surface area contributed by atoms with Crippen LogP contribution in [0, 0.1) is 11.8 Å². The molecule has 114 valence electrons. The first kappa shape index (κ1) is 19.1. The predicted molar refractivity (Wildman–Crippen MR) is 87.0 cm³/mol. The molecule has 19 heavy (non-hydrogen) atoms. The normalized spacial score (nSPS) is 24.4. The van der Waals surface area contributed by atoms with Crippen LogP contribution in [-0.4, -0.2) is 30.5 Å². The molecule has 0 bridgehead atoms. The Morgan fingerprint density at radius 1 is 1.42 bits per heavy atom. The van der Waals surface area contributed by atoms with Crippen molar-refractivity contribution in [3.63, 3.8) is 0 Å². The van der Waals surface area contributed by atoms with Crippen LogP contribution >= 0.6 is 24.2 Å². The minimum Gasteiger partial charge on any atom is -0.355 e. The number of nitrogens with two attached hydrogens (primary N) is 1. The average molecular weight is 309 g/mol. The molecule has 3 atom stereocenters. The quantitative estimate of drug-likeness (QED) is 0.760. The van der Waals surface area contributed by atoms with Gasteiger partial charge in [0.2, 0.25) is 5.91 Å². The van der Waals surface area contributed by atoms with Gasteiger partial charge in [0.25, 0.3) is 0 Å². The highest BCUT2D eigenvalue weighted by atomic mass is 35.5. The van der Waals surface area contributed by atoms with Gasteiger partial charge >= 0.3 is 0 Å². The first-order valence-electron chi connectivity index (χ1n) is 7.17. The number of nitrogens with one attached hydrogen (secondary N) is 1. The highest BCUT2D eigenvalue weighted by Crippen LogP contribution is 2.31. The molecule has 0 aromatic carbocycles. The Kier molecular flexibility index (Phi) is 10.8. The largest absolute Gasteiger partial charge is 0.355 e. The fourth-order valence-electron chi connectivity index (χ4n) is 2.71. The maximum atomic E-state index is 11.7. The summed E-state index contributed by atoms with van der Waals surface area (Å²) in [5.41, 5.74) is 5.82. The molecule has 1 fully saturated rings. The van der Waals surface area contributed by atoms with Gasteiger partial charge in [-0.05, 0) is 36.7 Å². The topological polar surface area (TPSA) is 55.1 Å². The number of carbonyl (C=O) groups excluding carboxylic acids is 1. The van der Waals surface area contributed by atoms with E-state index in [1.165, 1.54) is 25.7 Å². The van der Waals surface area contributed by atoms with Crippen LogP contribution < -0.4 is 11.1 Å². The van der Waals surface area contributed by atoms with Crippen LogP contribution in [0.15, 0.2) is 0 Å². The molecule has 0 aromatic heterocycles. The number of amides is 1. The molecule has 0 aromatic rings. The lowest BCUT2D eigenvalue weighted by Crippen LogP contribution is -2.41. The molecule has 1 amide bonds. The van der Waals surface area contributed by atoms with Crippen molar-refractivity contribution in [2.75, 3.05) is 18.6 Å². The number of thioether (sulfide) groups is 1. The van der Waals surface area contributed by atoms with E-state index in [0.29, 0.717) is 0 Å². The predicted octanol–water partition coefficient (Wildman–Crippen LogP) is 2.82. The van der Waals surface area contributed by atoms with Crippen molar-refractivity contribution in [3.05, 3.63) is 0 Å². The Balaban J connectivity index is 0.00000324. The second-order valence-electron chi connectivity index (χ2n) is 5.49. The lowest BCUT2D eigenvalue weighted by molar-refractivity contribution is -0.122. The summed E-state index contributed by atoms with van der Waals surface area (Å²) in [6.45, 7) is 3.14. The van der Waals surface area contributed by atoms with Crippen LogP contribution in [0.4, 0.5) is 0 Å². The van der Waals surface area contributed by atoms with Crippen LogP contribution in [0.2, 0.25) is 0 Å². The molecule has 0 heterocycles. The lowest BCUT2D eigenvalue weighted by Gasteiger charge is -2.28. The van der Waals surface area contributed by atoms with E-state index in [2.05, 4.69) is 12.2 Å². The van der Waals surface area contributed by atoms with E-state index < -0.39 is 0 Å². The van der Waals surface area contributed by atoms with Crippen LogP contribution in [0.3, 0.4) is 0 Å². The average Bonchev–Trinajstić information content (AvgIpc) is 2.38. The van der Waals surface area contributed by atoms with Crippen LogP contribution in [0.1, 0.15) is 45.4 Å². The molecule has 3 nitrogen and oxygen atoms in total. The van der Waals surface area contributed by atoms with E-state index in [-0.39, 0.29) is 24.4 Å². The minimum atomic E-state index is -0.332. The van der Waals surface area contributed by atoms with Crippen LogP contribution in [0.25, 0.3) is 0 Å². The first-order valence-corrected chi connectivity index (χ1v) is 8.56. The van der Waals surface area contributed by atoms with Crippen molar-refractivity contribution >= 4 is 30.1 Å². The van der Waals surface area contributed by atoms with Gasteiger partial charge in [0, 0.05) is 6.54 Å². The minimum absolute atomic E-state index is 0. The van der Waals surface area contributed by atoms with Crippen molar-refractivity contribution in [2.45, 2.75) is 51.5 Å². The Morgan fingerprint density at radius 3 is 2.74 bits per heavy atom. The summed E-state index contributed by atoms with van der Waals surface area (Å²) in [7, 11) is 0. The fraction of sp³-hybridized carbons (Fsp3) is 0.929. The number of rotatable bonds is 7. The zero-order chi connectivity index (χ0) is 13.4. The monoisotopic (exact) mass is 308 g/mol. The standard InChI is InChI=1S/C14H28N2OS.ClH/c1-11-5-3-4-6-12(11)7-9-16-14(17)13(15)8-10-18-2;/h11-13H,3-10,15H2,1-2H3,(H,16,17);1H/t11?,12?,13-;/m0./s1. The zero-order valence-corrected chi connectivity index (χ0v) is 13.8. The smallest absolute Gasteiger partial charge is 0.236 e. The highest BCUT2D eigenvalue weighted by molar-refractivity contribution is 7.98. The van der Waals surface area contributed by atoms with E-state index in [9.17, 15) is 4.79 Å². The van der Waals surface area contributed by atoms with Crippen molar-refractivity contribution in [2.24, 2.45) is 17.6 Å². The fourth-order valence-corrected chi connectivity index (χ4v) is 3.20. The molecule has 0 saturated heterocycles. The maximum absolute atomic E-state index is 11.7. The molecule has 0 radical (unpaired) electrons. The van der Waals surface area contributed by atoms with Crippen molar-refractivity contribution in [1.29, 1.82) is 0 Å². The molecule has 1 aliphatic carbocycles. The summed E-state index contributed by atoms with van der Waals surface area (Å²) >= 11 is 1.73. The molecule has 0 spiro atoms. The van der Waals surface area contributed by atoms with Gasteiger partial charge in [-0.2, -0.15) is 11.8 Å². The maximum Gasteiger partial charge on any atom is 0.236 e. The van der Waals surface area contributed by atoms with E-state index in [4.69, 9.17) is 5.73 Å². The van der Waals surface area contributed by atoms with Gasteiger partial charge < -0.3 is 11.1 Å². The second kappa shape index (κ2) is 10.8. The summed E-state index contributed by atoms with van der Waals surface area (Å²) < 4.78 is 0. The van der Waals surface area contributed by atoms with Crippen molar-refractivity contribution < 1.29 is 4.79 Å². The van der Waals surface area contributed by atoms with Gasteiger partial charge in [-0.25, -0.2) is 0 Å². The molecule has 0 aliphatic heterocycles. The highest BCUT2D eigenvalue weighted by Gasteiger charge is 2.21. The molecule has 1 rings (SSSR count). The molecular weight excluding hydrogens is 280 g/mol. The van der Waals surface area contributed by atoms with Gasteiger partial charge in [0.1, 0.15) is 0 Å². The van der Waals surface area contributed by atoms with Gasteiger partial charge in [-0.15, -0.1) is 12.4 Å². The van der Waals surface area contributed by atoms with E-state index in [1.807, 2.05) is 6.26 Å². The third-order valence-corrected chi connectivity index (χ3v) is 4.72. The Hall–Kier alpha value is 0.0700. The van der Waals surface area contributed by atoms with E-state index >= 15 is 0 Å². The van der Waals surface area contributed by atoms with Gasteiger partial charge in [0.15, 0.2) is 0 Å². The summed E-state index contributed by atoms with van der Waals surface area (Å²) in [5, 5.41) is 2.99. The number of hydrogen-bond acceptors (Lipinski definition) is 3. The summed E-state index contributed by atoms with van der Waals surface area (Å²) in [5.74, 6) is 2.59. The van der Waals surface area contributed by atoms with Crippen LogP contribution in [-0.2, 0) is 4.79 Å². The van der Waals surface area contributed by atoms with Gasteiger partial charge in [0.05, 0.1) is 6.04 Å². The molecule has 1 saturated carbocycles. The van der Waals surface area contributed by atoms with Crippen LogP contribution in [0.5, 0.6) is 0 Å². The number of halogens is 1. The summed E-state index contributed by atoms with van der Waals surface area (Å²) in [6, 6.07) is -0.332. The van der Waals surface area contributed by atoms with E-state index in [1.54, 1.807) is 11.8 Å². The van der Waals surface area contributed by atoms with E-state index in [0.717, 1.165) is 37.0 Å². The lowest BCUT2D eigenvalue weighted by atomic mass is 9.79. The van der Waals surface area contributed by atoms with Crippen molar-refractivity contribution in [3.8, 4) is 0 Å².